The highest BCUT2D eigenvalue weighted by Crippen LogP contribution is 2.30. The summed E-state index contributed by atoms with van der Waals surface area (Å²) in [5, 5.41) is 7.66. The van der Waals surface area contributed by atoms with E-state index in [2.05, 4.69) is 16.8 Å². The highest BCUT2D eigenvalue weighted by Gasteiger charge is 2.40. The zero-order valence-electron chi connectivity index (χ0n) is 13.1. The van der Waals surface area contributed by atoms with Crippen molar-refractivity contribution in [3.63, 3.8) is 0 Å². The minimum Gasteiger partial charge on any atom is -0.385 e. The van der Waals surface area contributed by atoms with Crippen LogP contribution in [0.5, 0.6) is 0 Å². The minimum atomic E-state index is -0.165. The maximum atomic E-state index is 12.7. The van der Waals surface area contributed by atoms with Gasteiger partial charge in [0.1, 0.15) is 5.84 Å². The van der Waals surface area contributed by atoms with Gasteiger partial charge in [-0.2, -0.15) is 5.10 Å². The molecule has 7 heteroatoms. The largest absolute Gasteiger partial charge is 0.385 e. The first-order valence-electron chi connectivity index (χ1n) is 7.80. The third-order valence-corrected chi connectivity index (χ3v) is 4.82. The van der Waals surface area contributed by atoms with Crippen LogP contribution in [0.15, 0.2) is 41.1 Å². The molecule has 2 N–H and O–H groups in total. The number of fused-ring (bicyclic) bond motifs is 1. The summed E-state index contributed by atoms with van der Waals surface area (Å²) in [6.07, 6.45) is 2.98. The molecule has 1 saturated heterocycles. The van der Waals surface area contributed by atoms with Gasteiger partial charge in [0.25, 0.3) is 5.91 Å². The average Bonchev–Trinajstić information content (AvgIpc) is 3.10. The molecule has 1 aromatic rings. The molecule has 0 radical (unpaired) electrons. The monoisotopic (exact) mass is 323 g/mol. The van der Waals surface area contributed by atoms with Crippen LogP contribution >= 0.6 is 0 Å². The van der Waals surface area contributed by atoms with Crippen molar-refractivity contribution >= 4 is 23.9 Å². The second-order valence-corrected chi connectivity index (χ2v) is 6.22. The number of hydrogen-bond acceptors (Lipinski definition) is 5. The lowest BCUT2D eigenvalue weighted by atomic mass is 9.96. The smallest absolute Gasteiger partial charge is 0.254 e. The highest BCUT2D eigenvalue weighted by atomic mass is 16.2. The lowest BCUT2D eigenvalue weighted by Crippen LogP contribution is -2.60. The van der Waals surface area contributed by atoms with Gasteiger partial charge in [0.2, 0.25) is 5.91 Å². The topological polar surface area (TPSA) is 91.4 Å². The van der Waals surface area contributed by atoms with Crippen LogP contribution in [0.1, 0.15) is 27.4 Å². The predicted molar refractivity (Wildman–Crippen MR) is 89.7 cm³/mol. The van der Waals surface area contributed by atoms with Crippen LogP contribution in [-0.2, 0) is 11.3 Å². The van der Waals surface area contributed by atoms with Gasteiger partial charge in [0.05, 0.1) is 12.0 Å². The van der Waals surface area contributed by atoms with Gasteiger partial charge >= 0.3 is 0 Å². The van der Waals surface area contributed by atoms with Gasteiger partial charge < -0.3 is 15.5 Å². The van der Waals surface area contributed by atoms with Gasteiger partial charge in [-0.3, -0.25) is 9.59 Å². The molecule has 1 aromatic carbocycles. The van der Waals surface area contributed by atoms with Crippen LogP contribution in [0.2, 0.25) is 0 Å². The summed E-state index contributed by atoms with van der Waals surface area (Å²) in [7, 11) is 0. The zero-order chi connectivity index (χ0) is 16.8. The number of likely N-dealkylation sites (tertiary alicyclic amines) is 1. The van der Waals surface area contributed by atoms with Crippen molar-refractivity contribution in [2.75, 3.05) is 13.1 Å². The van der Waals surface area contributed by atoms with Crippen molar-refractivity contribution in [3.05, 3.63) is 47.5 Å². The van der Waals surface area contributed by atoms with Gasteiger partial charge in [-0.25, -0.2) is 0 Å². The number of carbonyl (C=O) groups excluding carboxylic acids is 2. The third kappa shape index (κ3) is 2.12. The first kappa shape index (κ1) is 14.6. The Morgan fingerprint density at radius 3 is 2.83 bits per heavy atom. The Morgan fingerprint density at radius 1 is 1.38 bits per heavy atom. The maximum absolute atomic E-state index is 12.7. The van der Waals surface area contributed by atoms with Crippen LogP contribution in [0, 0.1) is 0 Å². The molecule has 3 aliphatic rings. The highest BCUT2D eigenvalue weighted by molar-refractivity contribution is 6.05. The second-order valence-electron chi connectivity index (χ2n) is 6.22. The van der Waals surface area contributed by atoms with E-state index in [1.54, 1.807) is 11.1 Å². The Labute approximate surface area is 139 Å². The first-order valence-corrected chi connectivity index (χ1v) is 7.80. The van der Waals surface area contributed by atoms with Crippen molar-refractivity contribution in [2.45, 2.75) is 18.5 Å². The first-order chi connectivity index (χ1) is 11.6. The van der Waals surface area contributed by atoms with Crippen molar-refractivity contribution in [3.8, 4) is 0 Å². The molecule has 1 unspecified atom stereocenters. The number of benzene rings is 1. The summed E-state index contributed by atoms with van der Waals surface area (Å²) in [4.78, 5) is 27.8. The molecular formula is C17H17N5O2. The van der Waals surface area contributed by atoms with Crippen LogP contribution in [0.3, 0.4) is 0 Å². The molecule has 3 heterocycles. The van der Waals surface area contributed by atoms with E-state index in [4.69, 9.17) is 5.73 Å². The molecule has 0 aliphatic carbocycles. The third-order valence-electron chi connectivity index (χ3n) is 4.82. The maximum Gasteiger partial charge on any atom is 0.254 e. The van der Waals surface area contributed by atoms with Crippen molar-refractivity contribution < 1.29 is 9.59 Å². The van der Waals surface area contributed by atoms with Crippen LogP contribution in [0.4, 0.5) is 0 Å². The van der Waals surface area contributed by atoms with Crippen LogP contribution < -0.4 is 5.73 Å². The Hall–Kier alpha value is -2.96. The number of nitrogens with two attached hydrogens (primary N) is 1. The standard InChI is InChI=1S/C17H17N5O2/c1-2-15(23)21-8-12(9-21)22-7-11-4-3-10(5-13(11)17(22)24)14-6-19-20-16(14)18/h2-6,12,14H,1,7-9H2,(H2,18,20). The fourth-order valence-electron chi connectivity index (χ4n) is 3.35. The molecule has 1 fully saturated rings. The van der Waals surface area contributed by atoms with Crippen LogP contribution in [-0.4, -0.2) is 52.8 Å². The summed E-state index contributed by atoms with van der Waals surface area (Å²) in [6.45, 7) is 5.19. The van der Waals surface area contributed by atoms with Crippen molar-refractivity contribution in [2.24, 2.45) is 15.9 Å². The van der Waals surface area contributed by atoms with Crippen molar-refractivity contribution in [1.29, 1.82) is 0 Å². The van der Waals surface area contributed by atoms with E-state index in [1.807, 2.05) is 23.1 Å². The summed E-state index contributed by atoms with van der Waals surface area (Å²) in [5.41, 5.74) is 8.46. The molecule has 7 nitrogen and oxygen atoms in total. The van der Waals surface area contributed by atoms with Gasteiger partial charge in [-0.15, -0.1) is 5.10 Å². The predicted octanol–water partition coefficient (Wildman–Crippen LogP) is 0.479. The Kier molecular flexibility index (Phi) is 3.23. The zero-order valence-corrected chi connectivity index (χ0v) is 13.1. The summed E-state index contributed by atoms with van der Waals surface area (Å²) in [6, 6.07) is 5.88. The summed E-state index contributed by atoms with van der Waals surface area (Å²) in [5.74, 6) is 0.192. The average molecular weight is 323 g/mol. The molecule has 0 spiro atoms. The molecular weight excluding hydrogens is 306 g/mol. The quantitative estimate of drug-likeness (QED) is 0.820. The van der Waals surface area contributed by atoms with E-state index in [0.717, 1.165) is 11.1 Å². The van der Waals surface area contributed by atoms with E-state index in [-0.39, 0.29) is 23.8 Å². The number of rotatable bonds is 3. The summed E-state index contributed by atoms with van der Waals surface area (Å²) < 4.78 is 0. The van der Waals surface area contributed by atoms with Crippen LogP contribution in [0.25, 0.3) is 0 Å². The fraction of sp³-hybridized carbons (Fsp3) is 0.294. The fourth-order valence-corrected chi connectivity index (χ4v) is 3.35. The lowest BCUT2D eigenvalue weighted by Gasteiger charge is -2.43. The minimum absolute atomic E-state index is 0.00741. The molecule has 0 saturated carbocycles. The van der Waals surface area contributed by atoms with Gasteiger partial charge in [-0.05, 0) is 23.3 Å². The SMILES string of the molecule is C=CC(=O)N1CC(N2Cc3ccc(C4C=NN=C4N)cc3C2=O)C1. The number of amides is 2. The Morgan fingerprint density at radius 2 is 2.17 bits per heavy atom. The van der Waals surface area contributed by atoms with E-state index in [9.17, 15) is 9.59 Å². The molecule has 122 valence electrons. The van der Waals surface area contributed by atoms with Gasteiger partial charge in [0, 0.05) is 31.4 Å². The Bertz CT molecular complexity index is 807. The number of amidine groups is 1. The molecule has 0 bridgehead atoms. The van der Waals surface area contributed by atoms with E-state index in [0.29, 0.717) is 31.0 Å². The normalized spacial score (nSPS) is 22.4. The van der Waals surface area contributed by atoms with E-state index >= 15 is 0 Å². The summed E-state index contributed by atoms with van der Waals surface area (Å²) >= 11 is 0. The molecule has 2 amide bonds. The van der Waals surface area contributed by atoms with Gasteiger partial charge in [-0.1, -0.05) is 18.7 Å². The molecule has 1 atom stereocenters. The molecule has 0 aromatic heterocycles. The molecule has 3 aliphatic heterocycles. The second kappa shape index (κ2) is 5.30. The molecule has 24 heavy (non-hydrogen) atoms. The Balaban J connectivity index is 1.52. The number of hydrogen-bond donors (Lipinski definition) is 1. The number of carbonyl (C=O) groups is 2. The van der Waals surface area contributed by atoms with Crippen molar-refractivity contribution in [1.82, 2.24) is 9.80 Å². The molecule has 4 rings (SSSR count). The van der Waals surface area contributed by atoms with Gasteiger partial charge in [0.15, 0.2) is 0 Å². The van der Waals surface area contributed by atoms with E-state index in [1.165, 1.54) is 6.08 Å². The lowest BCUT2D eigenvalue weighted by molar-refractivity contribution is -0.132. The van der Waals surface area contributed by atoms with E-state index < -0.39 is 0 Å². The number of nitrogens with zero attached hydrogens (tertiary/aromatic N) is 4.